The maximum Gasteiger partial charge on any atom is 0.573 e. The molecule has 0 radical (unpaired) electrons. The van der Waals surface area contributed by atoms with Gasteiger partial charge in [0.1, 0.15) is 5.75 Å². The minimum Gasteiger partial charge on any atom is -0.405 e. The fraction of sp³-hybridized carbons (Fsp3) is 0.600. The summed E-state index contributed by atoms with van der Waals surface area (Å²) in [5, 5.41) is 12.3. The van der Waals surface area contributed by atoms with Gasteiger partial charge in [-0.3, -0.25) is 4.90 Å². The molecule has 1 fully saturated rings. The van der Waals surface area contributed by atoms with Crippen molar-refractivity contribution in [1.82, 2.24) is 10.2 Å². The Labute approximate surface area is 140 Å². The molecule has 1 aliphatic rings. The van der Waals surface area contributed by atoms with Crippen molar-refractivity contribution in [2.75, 3.05) is 32.8 Å². The van der Waals surface area contributed by atoms with Gasteiger partial charge < -0.3 is 15.2 Å². The largest absolute Gasteiger partial charge is 0.573 e. The monoisotopic (exact) mass is 354 g/mol. The van der Waals surface area contributed by atoms with Crippen molar-refractivity contribution in [2.45, 2.75) is 25.2 Å². The molecular formula is C15H22ClF3N2O2. The number of alkyl halides is 3. The highest BCUT2D eigenvalue weighted by Crippen LogP contribution is 2.35. The van der Waals surface area contributed by atoms with Crippen LogP contribution in [-0.4, -0.2) is 49.2 Å². The molecule has 0 unspecified atom stereocenters. The average Bonchev–Trinajstić information content (AvgIpc) is 2.49. The maximum absolute atomic E-state index is 12.6. The molecule has 1 aliphatic heterocycles. The first-order chi connectivity index (χ1) is 10.5. The van der Waals surface area contributed by atoms with Crippen molar-refractivity contribution >= 4 is 12.4 Å². The highest BCUT2D eigenvalue weighted by atomic mass is 35.5. The lowest BCUT2D eigenvalue weighted by Gasteiger charge is -2.36. The molecule has 1 aromatic rings. The molecule has 132 valence electrons. The zero-order chi connectivity index (χ0) is 16.0. The van der Waals surface area contributed by atoms with Crippen molar-refractivity contribution in [3.05, 3.63) is 29.8 Å². The lowest BCUT2D eigenvalue weighted by Crippen LogP contribution is -2.45. The number of para-hydroxylation sites is 1. The van der Waals surface area contributed by atoms with E-state index >= 15 is 0 Å². The van der Waals surface area contributed by atoms with E-state index in [0.29, 0.717) is 18.4 Å². The van der Waals surface area contributed by atoms with E-state index in [-0.39, 0.29) is 30.8 Å². The summed E-state index contributed by atoms with van der Waals surface area (Å²) in [4.78, 5) is 2.14. The molecule has 0 spiro atoms. The smallest absolute Gasteiger partial charge is 0.405 e. The summed E-state index contributed by atoms with van der Waals surface area (Å²) in [6.45, 7) is 3.15. The van der Waals surface area contributed by atoms with Crippen LogP contribution in [0.3, 0.4) is 0 Å². The molecule has 0 aliphatic carbocycles. The SMILES string of the molecule is Cl.OCCC[C@@H](c1ccccc1OC(F)(F)F)N1CCNCC1. The van der Waals surface area contributed by atoms with E-state index in [0.717, 1.165) is 26.2 Å². The Morgan fingerprint density at radius 2 is 1.87 bits per heavy atom. The molecule has 2 N–H and O–H groups in total. The molecule has 4 nitrogen and oxygen atoms in total. The Hall–Kier alpha value is -1.02. The van der Waals surface area contributed by atoms with Gasteiger partial charge in [-0.15, -0.1) is 25.6 Å². The first-order valence-corrected chi connectivity index (χ1v) is 7.41. The number of ether oxygens (including phenoxy) is 1. The Balaban J connectivity index is 0.00000264. The van der Waals surface area contributed by atoms with Crippen LogP contribution < -0.4 is 10.1 Å². The quantitative estimate of drug-likeness (QED) is 0.824. The highest BCUT2D eigenvalue weighted by molar-refractivity contribution is 5.85. The Morgan fingerprint density at radius 3 is 2.48 bits per heavy atom. The Bertz CT molecular complexity index is 468. The van der Waals surface area contributed by atoms with Gasteiger partial charge >= 0.3 is 6.36 Å². The molecular weight excluding hydrogens is 333 g/mol. The zero-order valence-electron chi connectivity index (χ0n) is 12.7. The van der Waals surface area contributed by atoms with E-state index in [2.05, 4.69) is 15.0 Å². The third-order valence-electron chi connectivity index (χ3n) is 3.73. The van der Waals surface area contributed by atoms with Crippen molar-refractivity contribution in [2.24, 2.45) is 0 Å². The Morgan fingerprint density at radius 1 is 1.22 bits per heavy atom. The summed E-state index contributed by atoms with van der Waals surface area (Å²) in [7, 11) is 0. The van der Waals surface area contributed by atoms with Crippen LogP contribution >= 0.6 is 12.4 Å². The van der Waals surface area contributed by atoms with Crippen LogP contribution in [0.25, 0.3) is 0 Å². The number of hydrogen-bond acceptors (Lipinski definition) is 4. The molecule has 0 aromatic heterocycles. The van der Waals surface area contributed by atoms with E-state index in [1.165, 1.54) is 12.1 Å². The second-order valence-corrected chi connectivity index (χ2v) is 5.25. The molecule has 0 bridgehead atoms. The number of nitrogens with one attached hydrogen (secondary N) is 1. The topological polar surface area (TPSA) is 44.7 Å². The van der Waals surface area contributed by atoms with Crippen LogP contribution in [0, 0.1) is 0 Å². The van der Waals surface area contributed by atoms with Gasteiger partial charge in [0.05, 0.1) is 0 Å². The minimum absolute atomic E-state index is 0. The van der Waals surface area contributed by atoms with Crippen molar-refractivity contribution in [1.29, 1.82) is 0 Å². The van der Waals surface area contributed by atoms with Crippen molar-refractivity contribution in [3.8, 4) is 5.75 Å². The van der Waals surface area contributed by atoms with Crippen LogP contribution in [0.15, 0.2) is 24.3 Å². The van der Waals surface area contributed by atoms with Gasteiger partial charge in [0.2, 0.25) is 0 Å². The molecule has 0 amide bonds. The molecule has 1 atom stereocenters. The summed E-state index contributed by atoms with van der Waals surface area (Å²) in [6, 6.07) is 6.08. The lowest BCUT2D eigenvalue weighted by atomic mass is 9.98. The fourth-order valence-electron chi connectivity index (χ4n) is 2.79. The summed E-state index contributed by atoms with van der Waals surface area (Å²) < 4.78 is 42.0. The lowest BCUT2D eigenvalue weighted by molar-refractivity contribution is -0.275. The van der Waals surface area contributed by atoms with Crippen molar-refractivity contribution < 1.29 is 23.0 Å². The number of aliphatic hydroxyl groups is 1. The van der Waals surface area contributed by atoms with Crippen LogP contribution in [0.2, 0.25) is 0 Å². The summed E-state index contributed by atoms with van der Waals surface area (Å²) >= 11 is 0. The van der Waals surface area contributed by atoms with E-state index in [9.17, 15) is 13.2 Å². The summed E-state index contributed by atoms with van der Waals surface area (Å²) in [5.74, 6) is -0.156. The average molecular weight is 355 g/mol. The molecule has 1 saturated heterocycles. The second kappa shape index (κ2) is 9.32. The summed E-state index contributed by atoms with van der Waals surface area (Å²) in [5.41, 5.74) is 0.523. The Kier molecular flexibility index (Phi) is 8.11. The van der Waals surface area contributed by atoms with Crippen LogP contribution in [-0.2, 0) is 0 Å². The molecule has 8 heteroatoms. The number of halogens is 4. The molecule has 1 heterocycles. The number of rotatable bonds is 6. The normalized spacial score (nSPS) is 17.4. The first kappa shape index (κ1) is 20.0. The third kappa shape index (κ3) is 6.18. The number of nitrogens with zero attached hydrogens (tertiary/aromatic N) is 1. The van der Waals surface area contributed by atoms with Gasteiger partial charge in [-0.05, 0) is 18.9 Å². The third-order valence-corrected chi connectivity index (χ3v) is 3.73. The number of hydrogen-bond donors (Lipinski definition) is 2. The summed E-state index contributed by atoms with van der Waals surface area (Å²) in [6.07, 6.45) is -3.58. The van der Waals surface area contributed by atoms with E-state index < -0.39 is 6.36 Å². The van der Waals surface area contributed by atoms with Gasteiger partial charge in [0.15, 0.2) is 0 Å². The zero-order valence-corrected chi connectivity index (χ0v) is 13.5. The van der Waals surface area contributed by atoms with Crippen molar-refractivity contribution in [3.63, 3.8) is 0 Å². The van der Waals surface area contributed by atoms with E-state index in [1.807, 2.05) is 0 Å². The van der Waals surface area contributed by atoms with Gasteiger partial charge in [0.25, 0.3) is 0 Å². The van der Waals surface area contributed by atoms with Crippen LogP contribution in [0.1, 0.15) is 24.4 Å². The van der Waals surface area contributed by atoms with E-state index in [1.54, 1.807) is 12.1 Å². The highest BCUT2D eigenvalue weighted by Gasteiger charge is 2.33. The number of aliphatic hydroxyl groups excluding tert-OH is 1. The standard InChI is InChI=1S/C15H21F3N2O2.ClH/c16-15(17,18)22-14-6-2-1-4-12(14)13(5-3-11-21)20-9-7-19-8-10-20;/h1-2,4,6,13,19,21H,3,5,7-11H2;1H/t13-;/m0./s1. The van der Waals surface area contributed by atoms with E-state index in [4.69, 9.17) is 5.11 Å². The second-order valence-electron chi connectivity index (χ2n) is 5.25. The molecule has 2 rings (SSSR count). The maximum atomic E-state index is 12.6. The number of piperazine rings is 1. The molecule has 1 aromatic carbocycles. The van der Waals surface area contributed by atoms with Gasteiger partial charge in [-0.1, -0.05) is 18.2 Å². The minimum atomic E-state index is -4.71. The fourth-order valence-corrected chi connectivity index (χ4v) is 2.79. The molecule has 0 saturated carbocycles. The first-order valence-electron chi connectivity index (χ1n) is 7.41. The van der Waals surface area contributed by atoms with Gasteiger partial charge in [0, 0.05) is 44.4 Å². The van der Waals surface area contributed by atoms with Gasteiger partial charge in [-0.25, -0.2) is 0 Å². The predicted molar refractivity (Wildman–Crippen MR) is 83.9 cm³/mol. The molecule has 23 heavy (non-hydrogen) atoms. The van der Waals surface area contributed by atoms with Gasteiger partial charge in [-0.2, -0.15) is 0 Å². The number of benzene rings is 1. The van der Waals surface area contributed by atoms with Crippen LogP contribution in [0.4, 0.5) is 13.2 Å². The van der Waals surface area contributed by atoms with Crippen LogP contribution in [0.5, 0.6) is 5.75 Å². The predicted octanol–water partition coefficient (Wildman–Crippen LogP) is 2.73.